The van der Waals surface area contributed by atoms with Crippen LogP contribution in [0.4, 0.5) is 10.5 Å². The number of carbonyl (C=O) groups is 2. The maximum Gasteiger partial charge on any atom is 0.322 e. The highest BCUT2D eigenvalue weighted by atomic mass is 32.2. The number of benzene rings is 1. The number of rotatable bonds is 3. The molecule has 26 heavy (non-hydrogen) atoms. The van der Waals surface area contributed by atoms with Crippen LogP contribution < -0.4 is 10.1 Å². The third kappa shape index (κ3) is 4.09. The van der Waals surface area contributed by atoms with E-state index in [0.717, 1.165) is 0 Å². The van der Waals surface area contributed by atoms with E-state index in [0.29, 0.717) is 44.0 Å². The van der Waals surface area contributed by atoms with Gasteiger partial charge >= 0.3 is 6.03 Å². The largest absolute Gasteiger partial charge is 0.495 e. The quantitative estimate of drug-likeness (QED) is 0.836. The second kappa shape index (κ2) is 7.53. The third-order valence-electron chi connectivity index (χ3n) is 4.81. The lowest BCUT2D eigenvalue weighted by molar-refractivity contribution is -0.136. The average molecular weight is 381 g/mol. The number of hydrogen-bond donors (Lipinski definition) is 1. The first-order valence-corrected chi connectivity index (χ1v) is 10.4. The average Bonchev–Trinajstić information content (AvgIpc) is 3.01. The molecule has 0 saturated carbocycles. The number of carbonyl (C=O) groups excluding carboxylic acids is 2. The van der Waals surface area contributed by atoms with Gasteiger partial charge in [0, 0.05) is 26.2 Å². The lowest BCUT2D eigenvalue weighted by atomic mass is 10.1. The van der Waals surface area contributed by atoms with Crippen LogP contribution in [0, 0.1) is 5.92 Å². The number of urea groups is 1. The zero-order valence-electron chi connectivity index (χ0n) is 14.7. The van der Waals surface area contributed by atoms with Crippen LogP contribution in [0.2, 0.25) is 0 Å². The summed E-state index contributed by atoms with van der Waals surface area (Å²) < 4.78 is 28.3. The monoisotopic (exact) mass is 381 g/mol. The Kier molecular flexibility index (Phi) is 5.36. The summed E-state index contributed by atoms with van der Waals surface area (Å²) in [4.78, 5) is 28.2. The molecule has 2 heterocycles. The Balaban J connectivity index is 1.53. The van der Waals surface area contributed by atoms with E-state index in [1.165, 1.54) is 0 Å². The fraction of sp³-hybridized carbons (Fsp3) is 0.529. The summed E-state index contributed by atoms with van der Waals surface area (Å²) in [5.41, 5.74) is 0.592. The standard InChI is InChI=1S/C17H23N3O5S/c1-25-15-5-3-2-4-14(15)18-17(22)20-9-7-19(8-10-20)16(21)13-6-11-26(23,24)12-13/h2-5,13H,6-12H2,1H3,(H,18,22). The van der Waals surface area contributed by atoms with Crippen LogP contribution in [-0.4, -0.2) is 75.0 Å². The lowest BCUT2D eigenvalue weighted by Crippen LogP contribution is -2.53. The van der Waals surface area contributed by atoms with Crippen LogP contribution in [0.25, 0.3) is 0 Å². The Morgan fingerprint density at radius 3 is 2.38 bits per heavy atom. The van der Waals surface area contributed by atoms with E-state index in [-0.39, 0.29) is 23.4 Å². The van der Waals surface area contributed by atoms with Gasteiger partial charge in [-0.15, -0.1) is 0 Å². The predicted molar refractivity (Wildman–Crippen MR) is 96.9 cm³/mol. The molecule has 1 N–H and O–H groups in total. The number of nitrogens with one attached hydrogen (secondary N) is 1. The number of para-hydroxylation sites is 2. The van der Waals surface area contributed by atoms with Crippen molar-refractivity contribution >= 4 is 27.5 Å². The number of piperazine rings is 1. The number of sulfone groups is 1. The van der Waals surface area contributed by atoms with E-state index < -0.39 is 15.8 Å². The molecule has 2 aliphatic heterocycles. The third-order valence-corrected chi connectivity index (χ3v) is 6.58. The molecule has 0 bridgehead atoms. The van der Waals surface area contributed by atoms with E-state index in [9.17, 15) is 18.0 Å². The van der Waals surface area contributed by atoms with Gasteiger partial charge in [-0.05, 0) is 18.6 Å². The van der Waals surface area contributed by atoms with Gasteiger partial charge < -0.3 is 19.9 Å². The second-order valence-electron chi connectivity index (χ2n) is 6.54. The number of nitrogens with zero attached hydrogens (tertiary/aromatic N) is 2. The highest BCUT2D eigenvalue weighted by Crippen LogP contribution is 2.24. The van der Waals surface area contributed by atoms with E-state index >= 15 is 0 Å². The van der Waals surface area contributed by atoms with Gasteiger partial charge in [0.15, 0.2) is 9.84 Å². The number of ether oxygens (including phenoxy) is 1. The van der Waals surface area contributed by atoms with E-state index in [1.807, 2.05) is 12.1 Å². The number of hydrogen-bond acceptors (Lipinski definition) is 5. The zero-order valence-corrected chi connectivity index (χ0v) is 15.5. The molecule has 0 spiro atoms. The fourth-order valence-corrected chi connectivity index (χ4v) is 5.05. The Morgan fingerprint density at radius 1 is 1.12 bits per heavy atom. The van der Waals surface area contributed by atoms with Gasteiger partial charge in [0.05, 0.1) is 30.2 Å². The summed E-state index contributed by atoms with van der Waals surface area (Å²) in [6.45, 7) is 1.64. The summed E-state index contributed by atoms with van der Waals surface area (Å²) in [5.74, 6) is 0.0623. The van der Waals surface area contributed by atoms with E-state index in [4.69, 9.17) is 4.74 Å². The molecule has 3 amide bonds. The van der Waals surface area contributed by atoms with Crippen LogP contribution in [0.3, 0.4) is 0 Å². The van der Waals surface area contributed by atoms with Crippen molar-refractivity contribution in [2.24, 2.45) is 5.92 Å². The first kappa shape index (κ1) is 18.5. The van der Waals surface area contributed by atoms with Crippen LogP contribution in [0.5, 0.6) is 5.75 Å². The maximum absolute atomic E-state index is 12.5. The Bertz CT molecular complexity index is 787. The van der Waals surface area contributed by atoms with Crippen molar-refractivity contribution in [3.8, 4) is 5.75 Å². The van der Waals surface area contributed by atoms with Crippen molar-refractivity contribution in [3.05, 3.63) is 24.3 Å². The zero-order chi connectivity index (χ0) is 18.7. The normalized spacial score (nSPS) is 22.1. The smallest absolute Gasteiger partial charge is 0.322 e. The first-order valence-electron chi connectivity index (χ1n) is 8.58. The van der Waals surface area contributed by atoms with Gasteiger partial charge in [-0.2, -0.15) is 0 Å². The molecule has 2 saturated heterocycles. The highest BCUT2D eigenvalue weighted by molar-refractivity contribution is 7.91. The molecular formula is C17H23N3O5S. The molecular weight excluding hydrogens is 358 g/mol. The molecule has 2 aliphatic rings. The first-order chi connectivity index (χ1) is 12.4. The topological polar surface area (TPSA) is 96.0 Å². The number of amides is 3. The van der Waals surface area contributed by atoms with E-state index in [2.05, 4.69) is 5.32 Å². The number of anilines is 1. The SMILES string of the molecule is COc1ccccc1NC(=O)N1CCN(C(=O)C2CCS(=O)(=O)C2)CC1. The van der Waals surface area contributed by atoms with Crippen molar-refractivity contribution in [1.82, 2.24) is 9.80 Å². The van der Waals surface area contributed by atoms with Crippen molar-refractivity contribution in [2.45, 2.75) is 6.42 Å². The van der Waals surface area contributed by atoms with Gasteiger partial charge in [0.25, 0.3) is 0 Å². The summed E-state index contributed by atoms with van der Waals surface area (Å²) >= 11 is 0. The van der Waals surface area contributed by atoms with Crippen molar-refractivity contribution < 1.29 is 22.7 Å². The van der Waals surface area contributed by atoms with Crippen LogP contribution in [0.1, 0.15) is 6.42 Å². The minimum atomic E-state index is -3.08. The molecule has 1 atom stereocenters. The van der Waals surface area contributed by atoms with Crippen LogP contribution in [0.15, 0.2) is 24.3 Å². The number of methoxy groups -OCH3 is 1. The Hall–Kier alpha value is -2.29. The summed E-state index contributed by atoms with van der Waals surface area (Å²) in [6.07, 6.45) is 0.398. The Labute approximate surface area is 153 Å². The molecule has 0 aliphatic carbocycles. The van der Waals surface area contributed by atoms with Crippen LogP contribution >= 0.6 is 0 Å². The summed E-state index contributed by atoms with van der Waals surface area (Å²) in [7, 11) is -1.54. The fourth-order valence-electron chi connectivity index (χ4n) is 3.32. The molecule has 3 rings (SSSR count). The molecule has 1 unspecified atom stereocenters. The minimum absolute atomic E-state index is 0.0552. The van der Waals surface area contributed by atoms with Crippen molar-refractivity contribution in [3.63, 3.8) is 0 Å². The molecule has 0 aromatic heterocycles. The summed E-state index contributed by atoms with van der Waals surface area (Å²) in [6, 6.07) is 6.91. The molecule has 1 aromatic rings. The molecule has 2 fully saturated rings. The molecule has 0 radical (unpaired) electrons. The molecule has 1 aromatic carbocycles. The van der Waals surface area contributed by atoms with Crippen molar-refractivity contribution in [2.75, 3.05) is 50.1 Å². The highest BCUT2D eigenvalue weighted by Gasteiger charge is 2.36. The van der Waals surface area contributed by atoms with Crippen molar-refractivity contribution in [1.29, 1.82) is 0 Å². The minimum Gasteiger partial charge on any atom is -0.495 e. The Morgan fingerprint density at radius 2 is 1.77 bits per heavy atom. The predicted octanol–water partition coefficient (Wildman–Crippen LogP) is 0.806. The second-order valence-corrected chi connectivity index (χ2v) is 8.77. The molecule has 8 nitrogen and oxygen atoms in total. The van der Waals surface area contributed by atoms with Crippen LogP contribution in [-0.2, 0) is 14.6 Å². The van der Waals surface area contributed by atoms with Gasteiger partial charge in [0.1, 0.15) is 5.75 Å². The lowest BCUT2D eigenvalue weighted by Gasteiger charge is -2.35. The van der Waals surface area contributed by atoms with Gasteiger partial charge in [-0.25, -0.2) is 13.2 Å². The van der Waals surface area contributed by atoms with E-state index in [1.54, 1.807) is 29.0 Å². The summed E-state index contributed by atoms with van der Waals surface area (Å²) in [5, 5.41) is 2.82. The van der Waals surface area contributed by atoms with Gasteiger partial charge in [-0.3, -0.25) is 4.79 Å². The van der Waals surface area contributed by atoms with Gasteiger partial charge in [0.2, 0.25) is 5.91 Å². The van der Waals surface area contributed by atoms with Gasteiger partial charge in [-0.1, -0.05) is 12.1 Å². The molecule has 142 valence electrons. The maximum atomic E-state index is 12.5. The molecule has 9 heteroatoms.